The summed E-state index contributed by atoms with van der Waals surface area (Å²) in [6.45, 7) is -7.33. The van der Waals surface area contributed by atoms with Gasteiger partial charge in [0.05, 0.1) is 46.2 Å². The normalized spacial score (nSPS) is 53.8. The number of hydrogen-bond acceptors (Lipinski definition) is 35. The van der Waals surface area contributed by atoms with Crippen LogP contribution in [0.4, 0.5) is 0 Å². The van der Waals surface area contributed by atoms with Crippen LogP contribution in [0.1, 0.15) is 25.7 Å². The van der Waals surface area contributed by atoms with Crippen molar-refractivity contribution in [3.63, 3.8) is 0 Å². The fourth-order valence-electron chi connectivity index (χ4n) is 10.7. The van der Waals surface area contributed by atoms with Gasteiger partial charge in [-0.3, -0.25) is 0 Å². The van der Waals surface area contributed by atoms with Crippen LogP contribution in [0.3, 0.4) is 0 Å². The number of aliphatic hydroxyl groups excluding tert-OH is 21. The highest BCUT2D eigenvalue weighted by Gasteiger charge is 2.59. The quantitative estimate of drug-likeness (QED) is 0.113. The molecular weight excluding hydrogens is 1110 g/mol. The Hall–Kier alpha value is -1.40. The molecule has 0 spiro atoms. The molecule has 35 nitrogen and oxygen atoms in total. The van der Waals surface area contributed by atoms with E-state index in [2.05, 4.69) is 0 Å². The number of rotatable bonds is 7. The van der Waals surface area contributed by atoms with Crippen LogP contribution in [0, 0.1) is 0 Å². The molecule has 21 aliphatic heterocycles. The topological polar surface area (TPSA) is 554 Å². The zero-order chi connectivity index (χ0) is 58.9. The first kappa shape index (κ1) is 65.6. The maximum Gasteiger partial charge on any atom is 0.187 e. The Labute approximate surface area is 459 Å². The molecule has 14 bridgehead atoms. The molecular formula is C46H78O35. The van der Waals surface area contributed by atoms with Crippen LogP contribution >= 0.6 is 0 Å². The molecule has 81 heavy (non-hydrogen) atoms. The maximum absolute atomic E-state index is 11.3. The van der Waals surface area contributed by atoms with Gasteiger partial charge in [0.2, 0.25) is 0 Å². The lowest BCUT2D eigenvalue weighted by atomic mass is 9.95. The van der Waals surface area contributed by atoms with Gasteiger partial charge in [0, 0.05) is 0 Å². The molecule has 22 aliphatic rings. The molecule has 21 saturated heterocycles. The van der Waals surface area contributed by atoms with E-state index >= 15 is 0 Å². The Morgan fingerprint density at radius 3 is 0.370 bits per heavy atom. The Bertz CT molecular complexity index is 1530. The summed E-state index contributed by atoms with van der Waals surface area (Å²) in [6.07, 6.45) is -64.2. The fourth-order valence-corrected chi connectivity index (χ4v) is 10.7. The monoisotopic (exact) mass is 1190 g/mol. The van der Waals surface area contributed by atoms with Gasteiger partial charge in [-0.25, -0.2) is 0 Å². The van der Waals surface area contributed by atoms with E-state index < -0.39 is 261 Å². The highest BCUT2D eigenvalue weighted by Crippen LogP contribution is 2.39. The zero-order valence-electron chi connectivity index (χ0n) is 43.1. The Balaban J connectivity index is 0.00000206. The first-order chi connectivity index (χ1) is 38.7. The van der Waals surface area contributed by atoms with Crippen molar-refractivity contribution >= 4 is 0 Å². The van der Waals surface area contributed by atoms with Crippen molar-refractivity contribution in [2.45, 2.75) is 241 Å². The van der Waals surface area contributed by atoms with E-state index in [0.717, 1.165) is 0 Å². The van der Waals surface area contributed by atoms with Gasteiger partial charge in [-0.05, 0) is 0 Å². The Kier molecular flexibility index (Phi) is 23.2. The number of aliphatic hydroxyl groups is 21. The van der Waals surface area contributed by atoms with Crippen molar-refractivity contribution in [3.05, 3.63) is 0 Å². The smallest absolute Gasteiger partial charge is 0.187 e. The summed E-state index contributed by atoms with van der Waals surface area (Å²) in [5.41, 5.74) is 0. The molecule has 22 rings (SSSR count). The third-order valence-corrected chi connectivity index (χ3v) is 15.8. The van der Waals surface area contributed by atoms with E-state index in [-0.39, 0.29) is 0 Å². The van der Waals surface area contributed by atoms with E-state index in [9.17, 15) is 107 Å². The van der Waals surface area contributed by atoms with Gasteiger partial charge >= 0.3 is 0 Å². The van der Waals surface area contributed by atoms with Crippen molar-refractivity contribution in [2.24, 2.45) is 0 Å². The van der Waals surface area contributed by atoms with Crippen molar-refractivity contribution < 1.29 is 174 Å². The fraction of sp³-hybridized carbons (Fsp3) is 1.00. The summed E-state index contributed by atoms with van der Waals surface area (Å²) < 4.78 is 79.5. The highest BCUT2D eigenvalue weighted by molar-refractivity contribution is 5.01. The average molecular weight is 1190 g/mol. The van der Waals surface area contributed by atoms with Crippen molar-refractivity contribution in [3.8, 4) is 0 Å². The predicted molar refractivity (Wildman–Crippen MR) is 247 cm³/mol. The molecule has 35 atom stereocenters. The van der Waals surface area contributed by atoms with Crippen LogP contribution in [0.2, 0.25) is 0 Å². The minimum atomic E-state index is -2.21. The van der Waals surface area contributed by atoms with Crippen LogP contribution < -0.4 is 0 Å². The number of ether oxygens (including phenoxy) is 14. The lowest BCUT2D eigenvalue weighted by Gasteiger charge is -2.50. The second-order valence-electron chi connectivity index (χ2n) is 21.1. The highest BCUT2D eigenvalue weighted by atomic mass is 16.8. The lowest BCUT2D eigenvalue weighted by Crippen LogP contribution is -2.68. The molecule has 21 N–H and O–H groups in total. The molecule has 0 radical (unpaired) electrons. The van der Waals surface area contributed by atoms with E-state index in [1.54, 1.807) is 0 Å². The van der Waals surface area contributed by atoms with Crippen LogP contribution in [-0.2, 0) is 66.3 Å². The summed E-state index contributed by atoms with van der Waals surface area (Å²) in [4.78, 5) is 0. The second-order valence-corrected chi connectivity index (χ2v) is 21.1. The molecule has 1 aliphatic carbocycles. The molecule has 0 amide bonds. The van der Waals surface area contributed by atoms with Gasteiger partial charge in [0.25, 0.3) is 0 Å². The summed E-state index contributed by atoms with van der Waals surface area (Å²) in [6, 6.07) is 0. The molecule has 22 fully saturated rings. The maximum atomic E-state index is 11.3. The summed E-state index contributed by atoms with van der Waals surface area (Å²) in [5.74, 6) is 0. The van der Waals surface area contributed by atoms with Crippen molar-refractivity contribution in [1.29, 1.82) is 0 Å². The van der Waals surface area contributed by atoms with Gasteiger partial charge < -0.3 is 174 Å². The molecule has 0 aromatic rings. The van der Waals surface area contributed by atoms with Crippen molar-refractivity contribution in [2.75, 3.05) is 46.2 Å². The molecule has 0 aromatic heterocycles. The molecule has 1 saturated carbocycles. The first-order valence-electron chi connectivity index (χ1n) is 26.6. The van der Waals surface area contributed by atoms with Crippen LogP contribution in [0.15, 0.2) is 0 Å². The zero-order valence-corrected chi connectivity index (χ0v) is 43.1. The molecule has 35 heteroatoms. The minimum Gasteiger partial charge on any atom is -0.394 e. The first-order valence-corrected chi connectivity index (χ1v) is 26.6. The number of hydrogen-bond donors (Lipinski definition) is 21. The van der Waals surface area contributed by atoms with Gasteiger partial charge in [0.15, 0.2) is 44.0 Å². The van der Waals surface area contributed by atoms with Gasteiger partial charge in [0.1, 0.15) is 171 Å². The third-order valence-electron chi connectivity index (χ3n) is 15.8. The van der Waals surface area contributed by atoms with Gasteiger partial charge in [-0.1, -0.05) is 25.7 Å². The summed E-state index contributed by atoms with van der Waals surface area (Å²) in [7, 11) is 0. The SMILES string of the molecule is C1CCC1.OCC1O[C@@H]2O[C@@H]3C(CO)O[C@H](O[C@@H]4C(CO)O[C@H](O[C@@H]5C(CO)O[C@@H](O[C@@H]6C(CO)O[C@@H](O[C@@H]7C(CO)O[C@@H](O[C@@H]8C(CO)O[C@H](O[C@H]1[C@H](O)C2O)C(O)[C@H]8O)C(O)[C@H]7O)C(O)[C@@H]6O)C(O)[C@H]5O)C(O)[C@@H]4O)C(O)[C@H]3O. The third kappa shape index (κ3) is 13.5. The summed E-state index contributed by atoms with van der Waals surface area (Å²) >= 11 is 0. The van der Waals surface area contributed by atoms with Gasteiger partial charge in [-0.15, -0.1) is 0 Å². The van der Waals surface area contributed by atoms with Crippen LogP contribution in [0.5, 0.6) is 0 Å². The van der Waals surface area contributed by atoms with Crippen LogP contribution in [-0.4, -0.2) is 368 Å². The van der Waals surface area contributed by atoms with Gasteiger partial charge in [-0.2, -0.15) is 0 Å². The molecule has 472 valence electrons. The summed E-state index contributed by atoms with van der Waals surface area (Å²) in [5, 5.41) is 230. The van der Waals surface area contributed by atoms with E-state index in [1.807, 2.05) is 0 Å². The van der Waals surface area contributed by atoms with E-state index in [1.165, 1.54) is 25.7 Å². The molecule has 14 unspecified atom stereocenters. The lowest BCUT2D eigenvalue weighted by molar-refractivity contribution is -0.396. The second kappa shape index (κ2) is 28.6. The predicted octanol–water partition coefficient (Wildman–Crippen LogP) is -13.7. The van der Waals surface area contributed by atoms with Crippen molar-refractivity contribution in [1.82, 2.24) is 0 Å². The Morgan fingerprint density at radius 2 is 0.284 bits per heavy atom. The largest absolute Gasteiger partial charge is 0.394 e. The minimum absolute atomic E-state index is 1.05. The Morgan fingerprint density at radius 1 is 0.173 bits per heavy atom. The van der Waals surface area contributed by atoms with E-state index in [0.29, 0.717) is 0 Å². The standard InChI is InChI=1S/C42H70O35.C4H8/c43-1-8-29-15(50)22(57)36(64-8)72-30-9(2-44)66-38(24(59)17(30)52)74-32-11(4-46)68-40(26(61)19(32)54)76-34-13(6-48)70-42(28(63)21(34)56)77-35-14(7-49)69-41(27(62)20(35)55)75-33-12(5-47)67-39(25(60)18(33)53)73-31-10(3-45)65-37(71-29)23(58)16(31)51;1-2-4-3-1/h8-63H,1-7H2;1-4H2/t8?,9?,10?,11?,12?,13?,14?,15-,16-,17-,18-,19+,20+,21-,22?,23?,24?,25?,26?,27?,28?,29-,30-,31-,32-,33-,34-,35-,36-,37-,38-,39+,40-,41+,42+;/m1./s1. The van der Waals surface area contributed by atoms with Crippen LogP contribution in [0.25, 0.3) is 0 Å². The molecule has 0 aromatic carbocycles. The average Bonchev–Trinajstić information content (AvgIpc) is 3.52. The molecule has 21 heterocycles. The van der Waals surface area contributed by atoms with E-state index in [4.69, 9.17) is 66.3 Å².